The molecule has 0 aliphatic carbocycles. The van der Waals surface area contributed by atoms with E-state index in [4.69, 9.17) is 16.3 Å². The summed E-state index contributed by atoms with van der Waals surface area (Å²) < 4.78 is 3.73. The number of esters is 1. The minimum atomic E-state index is -1.04. The number of fused-ring (bicyclic) bond motifs is 2. The molecule has 4 aliphatic heterocycles. The van der Waals surface area contributed by atoms with Gasteiger partial charge in [-0.25, -0.2) is 0 Å². The Balaban J connectivity index is 1.52. The summed E-state index contributed by atoms with van der Waals surface area (Å²) in [5.41, 5.74) is 2.37. The van der Waals surface area contributed by atoms with Crippen LogP contribution in [-0.2, 0) is 25.5 Å². The number of carbonyl (C=O) groups is 3. The van der Waals surface area contributed by atoms with Gasteiger partial charge >= 0.3 is 5.97 Å². The van der Waals surface area contributed by atoms with E-state index in [1.165, 1.54) is 11.8 Å². The molecular weight excluding hydrogens is 548 g/mol. The molecule has 208 valence electrons. The number of hydrogen-bond acceptors (Lipinski definition) is 6. The van der Waals surface area contributed by atoms with E-state index in [9.17, 15) is 19.5 Å². The number of nitrogens with zero attached hydrogens (tertiary/aromatic N) is 2. The Kier molecular flexibility index (Phi) is 6.84. The number of amides is 2. The Labute approximate surface area is 242 Å². The van der Waals surface area contributed by atoms with E-state index in [0.717, 1.165) is 11.1 Å². The van der Waals surface area contributed by atoms with E-state index in [1.807, 2.05) is 80.6 Å². The van der Waals surface area contributed by atoms with Crippen molar-refractivity contribution in [2.24, 2.45) is 11.8 Å². The number of likely N-dealkylation sites (tertiary alicyclic amines) is 1. The van der Waals surface area contributed by atoms with Crippen LogP contribution in [0.1, 0.15) is 18.1 Å². The van der Waals surface area contributed by atoms with Gasteiger partial charge in [0.25, 0.3) is 5.91 Å². The van der Waals surface area contributed by atoms with Crippen molar-refractivity contribution < 1.29 is 24.2 Å². The number of aliphatic hydroxyl groups is 1. The molecule has 9 heteroatoms. The molecule has 2 aromatic rings. The molecule has 0 saturated carbocycles. The molecule has 2 saturated heterocycles. The van der Waals surface area contributed by atoms with Crippen molar-refractivity contribution in [3.63, 3.8) is 0 Å². The van der Waals surface area contributed by atoms with Gasteiger partial charge in [0.2, 0.25) is 5.91 Å². The molecule has 7 nitrogen and oxygen atoms in total. The Morgan fingerprint density at radius 3 is 2.55 bits per heavy atom. The summed E-state index contributed by atoms with van der Waals surface area (Å²) in [6.07, 6.45) is 7.98. The zero-order valence-corrected chi connectivity index (χ0v) is 23.9. The summed E-state index contributed by atoms with van der Waals surface area (Å²) in [4.78, 5) is 45.9. The summed E-state index contributed by atoms with van der Waals surface area (Å²) in [6, 6.07) is 13.4. The maximum atomic E-state index is 14.8. The third kappa shape index (κ3) is 4.03. The van der Waals surface area contributed by atoms with Crippen LogP contribution in [0.4, 0.5) is 5.69 Å². The highest BCUT2D eigenvalue weighted by molar-refractivity contribution is 8.02. The van der Waals surface area contributed by atoms with Gasteiger partial charge in [-0.15, -0.1) is 11.8 Å². The molecule has 4 heterocycles. The number of cyclic esters (lactones) is 1. The molecule has 4 aliphatic rings. The number of anilines is 1. The van der Waals surface area contributed by atoms with Gasteiger partial charge in [-0.05, 0) is 43.5 Å². The first kappa shape index (κ1) is 27.1. The van der Waals surface area contributed by atoms with E-state index >= 15 is 0 Å². The van der Waals surface area contributed by atoms with Crippen LogP contribution in [0.2, 0.25) is 5.02 Å². The van der Waals surface area contributed by atoms with Gasteiger partial charge in [0.15, 0.2) is 0 Å². The molecular formula is C31H31ClN2O5S. The zero-order valence-electron chi connectivity index (χ0n) is 22.3. The van der Waals surface area contributed by atoms with Gasteiger partial charge in [-0.1, -0.05) is 72.3 Å². The number of aryl methyl sites for hydroxylation is 1. The van der Waals surface area contributed by atoms with Gasteiger partial charge in [0, 0.05) is 11.3 Å². The second kappa shape index (κ2) is 10.1. The summed E-state index contributed by atoms with van der Waals surface area (Å²) in [7, 11) is 0. The van der Waals surface area contributed by atoms with Crippen molar-refractivity contribution in [1.82, 2.24) is 4.90 Å². The molecule has 6 rings (SSSR count). The standard InChI is InChI=1S/C31H31ClN2O5S/c1-19-9-6-12-22(32)25(19)33-15-7-14-31-23(24-29(38)39-16-8-13-30(24,2)40-31)27(36)34(26(31)28(33)37)21(18-35)17-20-10-4-3-5-11-20/h3-14,21,23-24,26,35H,15-18H2,1-2H3/t21-,23+,24+,26?,30-,31+/m1/s1. The van der Waals surface area contributed by atoms with E-state index in [2.05, 4.69) is 0 Å². The van der Waals surface area contributed by atoms with Gasteiger partial charge in [0.05, 0.1) is 39.9 Å². The van der Waals surface area contributed by atoms with Crippen LogP contribution in [0, 0.1) is 18.8 Å². The first-order valence-corrected chi connectivity index (χ1v) is 14.7. The zero-order chi connectivity index (χ0) is 28.2. The number of rotatable bonds is 5. The number of ether oxygens (including phenoxy) is 1. The summed E-state index contributed by atoms with van der Waals surface area (Å²) >= 11 is 8.12. The molecule has 1 N–H and O–H groups in total. The van der Waals surface area contributed by atoms with Gasteiger partial charge in [-0.3, -0.25) is 14.4 Å². The number of para-hydroxylation sites is 1. The van der Waals surface area contributed by atoms with E-state index < -0.39 is 39.4 Å². The first-order chi connectivity index (χ1) is 19.2. The minimum absolute atomic E-state index is 0.147. The third-order valence-corrected chi connectivity index (χ3v) is 10.7. The van der Waals surface area contributed by atoms with Crippen LogP contribution in [0.3, 0.4) is 0 Å². The van der Waals surface area contributed by atoms with Gasteiger partial charge in [-0.2, -0.15) is 0 Å². The monoisotopic (exact) mass is 578 g/mol. The number of hydrogen-bond donors (Lipinski definition) is 1. The minimum Gasteiger partial charge on any atom is -0.461 e. The highest BCUT2D eigenvalue weighted by Crippen LogP contribution is 2.65. The maximum absolute atomic E-state index is 14.8. The summed E-state index contributed by atoms with van der Waals surface area (Å²) in [6.45, 7) is 3.92. The molecule has 40 heavy (non-hydrogen) atoms. The topological polar surface area (TPSA) is 87.2 Å². The number of halogens is 1. The molecule has 0 aromatic heterocycles. The van der Waals surface area contributed by atoms with E-state index in [1.54, 1.807) is 15.9 Å². The van der Waals surface area contributed by atoms with Crippen LogP contribution in [0.25, 0.3) is 0 Å². The molecule has 1 unspecified atom stereocenters. The highest BCUT2D eigenvalue weighted by Gasteiger charge is 2.74. The van der Waals surface area contributed by atoms with Crippen LogP contribution in [0.15, 0.2) is 72.8 Å². The van der Waals surface area contributed by atoms with Crippen LogP contribution >= 0.6 is 23.4 Å². The molecule has 2 aromatic carbocycles. The molecule has 2 fully saturated rings. The lowest BCUT2D eigenvalue weighted by molar-refractivity contribution is -0.153. The Morgan fingerprint density at radius 1 is 1.05 bits per heavy atom. The predicted molar refractivity (Wildman–Crippen MR) is 155 cm³/mol. The van der Waals surface area contributed by atoms with Crippen LogP contribution in [-0.4, -0.2) is 69.1 Å². The SMILES string of the molecule is Cc1cccc(Cl)c1N1CC=C[C@]23S[C@]4(C)C=CCOC(=O)[C@@H]4[C@H]2C(=O)N([C@@H](CO)Cc2ccccc2)C3C1=O. The Bertz CT molecular complexity index is 1410. The molecule has 1 spiro atoms. The Hall–Kier alpha value is -3.07. The van der Waals surface area contributed by atoms with Crippen LogP contribution in [0.5, 0.6) is 0 Å². The number of benzene rings is 2. The smallest absolute Gasteiger partial charge is 0.311 e. The second-order valence-corrected chi connectivity index (χ2v) is 13.3. The van der Waals surface area contributed by atoms with Crippen molar-refractivity contribution in [3.05, 3.63) is 89.0 Å². The average Bonchev–Trinajstić information content (AvgIpc) is 3.20. The van der Waals surface area contributed by atoms with Crippen molar-refractivity contribution in [1.29, 1.82) is 0 Å². The van der Waals surface area contributed by atoms with Crippen molar-refractivity contribution >= 4 is 46.8 Å². The molecule has 0 bridgehead atoms. The quantitative estimate of drug-likeness (QED) is 0.427. The number of aliphatic hydroxyl groups excluding tert-OH is 1. The predicted octanol–water partition coefficient (Wildman–Crippen LogP) is 3.96. The van der Waals surface area contributed by atoms with Crippen LogP contribution < -0.4 is 4.90 Å². The largest absolute Gasteiger partial charge is 0.461 e. The van der Waals surface area contributed by atoms with E-state index in [0.29, 0.717) is 17.1 Å². The van der Waals surface area contributed by atoms with Crippen molar-refractivity contribution in [3.8, 4) is 0 Å². The highest BCUT2D eigenvalue weighted by atomic mass is 35.5. The normalized spacial score (nSPS) is 31.8. The number of carbonyl (C=O) groups excluding carboxylic acids is 3. The van der Waals surface area contributed by atoms with Gasteiger partial charge in [0.1, 0.15) is 12.6 Å². The lowest BCUT2D eigenvalue weighted by Gasteiger charge is -2.40. The molecule has 0 radical (unpaired) electrons. The fourth-order valence-corrected chi connectivity index (χ4v) is 9.45. The summed E-state index contributed by atoms with van der Waals surface area (Å²) in [5, 5.41) is 11.1. The second-order valence-electron chi connectivity index (χ2n) is 11.1. The lowest BCUT2D eigenvalue weighted by atomic mass is 9.75. The number of thioether (sulfide) groups is 1. The Morgan fingerprint density at radius 2 is 1.82 bits per heavy atom. The maximum Gasteiger partial charge on any atom is 0.311 e. The van der Waals surface area contributed by atoms with E-state index in [-0.39, 0.29) is 31.6 Å². The first-order valence-electron chi connectivity index (χ1n) is 13.5. The lowest BCUT2D eigenvalue weighted by Crippen LogP contribution is -2.57. The third-order valence-electron chi connectivity index (χ3n) is 8.63. The average molecular weight is 579 g/mol. The van der Waals surface area contributed by atoms with Crippen molar-refractivity contribution in [2.75, 3.05) is 24.7 Å². The molecule has 6 atom stereocenters. The fraction of sp³-hybridized carbons (Fsp3) is 0.387. The molecule has 2 amide bonds. The van der Waals surface area contributed by atoms with Crippen molar-refractivity contribution in [2.45, 2.75) is 41.8 Å². The summed E-state index contributed by atoms with van der Waals surface area (Å²) in [5.74, 6) is -2.65. The van der Waals surface area contributed by atoms with Gasteiger partial charge < -0.3 is 19.6 Å². The fourth-order valence-electron chi connectivity index (χ4n) is 6.99.